The Labute approximate surface area is 154 Å². The molecule has 0 fully saturated rings. The third-order valence-electron chi connectivity index (χ3n) is 3.93. The van der Waals surface area contributed by atoms with Crippen molar-refractivity contribution in [3.8, 4) is 11.8 Å². The number of fused-ring (bicyclic) bond motifs is 1. The maximum Gasteiger partial charge on any atom is 0.208 e. The highest BCUT2D eigenvalue weighted by molar-refractivity contribution is 7.88. The van der Waals surface area contributed by atoms with Gasteiger partial charge in [-0.25, -0.2) is 13.1 Å². The lowest BCUT2D eigenvalue weighted by Gasteiger charge is -2.06. The molecule has 1 N–H and O–H groups in total. The molecular weight excluding hydrogens is 344 g/mol. The fraction of sp³-hybridized carbons (Fsp3) is 0.190. The van der Waals surface area contributed by atoms with Gasteiger partial charge in [0, 0.05) is 36.5 Å². The Morgan fingerprint density at radius 1 is 1.04 bits per heavy atom. The number of aromatic nitrogens is 1. The van der Waals surface area contributed by atoms with E-state index >= 15 is 0 Å². The summed E-state index contributed by atoms with van der Waals surface area (Å²) in [5.74, 6) is 6.03. The van der Waals surface area contributed by atoms with E-state index in [-0.39, 0.29) is 0 Å². The minimum atomic E-state index is -3.14. The maximum atomic E-state index is 11.0. The van der Waals surface area contributed by atoms with Crippen LogP contribution < -0.4 is 4.72 Å². The van der Waals surface area contributed by atoms with Gasteiger partial charge in [0.2, 0.25) is 10.0 Å². The van der Waals surface area contributed by atoms with Gasteiger partial charge in [0.05, 0.1) is 11.9 Å². The van der Waals surface area contributed by atoms with E-state index in [9.17, 15) is 8.42 Å². The van der Waals surface area contributed by atoms with Crippen LogP contribution in [0.4, 0.5) is 0 Å². The normalized spacial score (nSPS) is 11.1. The van der Waals surface area contributed by atoms with E-state index in [1.807, 2.05) is 36.5 Å². The first-order valence-corrected chi connectivity index (χ1v) is 10.3. The van der Waals surface area contributed by atoms with E-state index in [1.54, 1.807) is 0 Å². The van der Waals surface area contributed by atoms with E-state index in [2.05, 4.69) is 45.8 Å². The number of hydrogen-bond donors (Lipinski definition) is 1. The predicted octanol–water partition coefficient (Wildman–Crippen LogP) is 3.12. The largest absolute Gasteiger partial charge is 0.260 e. The van der Waals surface area contributed by atoms with Gasteiger partial charge in [0.15, 0.2) is 0 Å². The number of nitrogens with one attached hydrogen (secondary N) is 1. The molecule has 0 aliphatic rings. The first kappa shape index (κ1) is 18.1. The number of hydrogen-bond acceptors (Lipinski definition) is 3. The molecule has 0 bridgehead atoms. The molecule has 0 atom stereocenters. The minimum Gasteiger partial charge on any atom is -0.260 e. The van der Waals surface area contributed by atoms with Crippen LogP contribution >= 0.6 is 0 Å². The van der Waals surface area contributed by atoms with Crippen molar-refractivity contribution in [3.63, 3.8) is 0 Å². The lowest BCUT2D eigenvalue weighted by atomic mass is 10.0. The molecule has 0 radical (unpaired) electrons. The summed E-state index contributed by atoms with van der Waals surface area (Å²) >= 11 is 0. The smallest absolute Gasteiger partial charge is 0.208 e. The molecule has 0 saturated carbocycles. The lowest BCUT2D eigenvalue weighted by molar-refractivity contribution is 0.588. The summed E-state index contributed by atoms with van der Waals surface area (Å²) < 4.78 is 24.4. The summed E-state index contributed by atoms with van der Waals surface area (Å²) in [6.45, 7) is 0.330. The van der Waals surface area contributed by atoms with Crippen molar-refractivity contribution < 1.29 is 8.42 Å². The van der Waals surface area contributed by atoms with Crippen molar-refractivity contribution in [1.29, 1.82) is 0 Å². The zero-order valence-electron chi connectivity index (χ0n) is 14.6. The van der Waals surface area contributed by atoms with Gasteiger partial charge in [0.25, 0.3) is 0 Å². The average molecular weight is 364 g/mol. The topological polar surface area (TPSA) is 59.1 Å². The third kappa shape index (κ3) is 5.16. The number of benzene rings is 2. The van der Waals surface area contributed by atoms with E-state index in [0.717, 1.165) is 23.9 Å². The molecule has 2 aromatic carbocycles. The monoisotopic (exact) mass is 364 g/mol. The molecule has 4 nitrogen and oxygen atoms in total. The Kier molecular flexibility index (Phi) is 5.67. The van der Waals surface area contributed by atoms with Crippen LogP contribution in [0.15, 0.2) is 60.8 Å². The molecule has 0 unspecified atom stereocenters. The van der Waals surface area contributed by atoms with Crippen molar-refractivity contribution in [2.24, 2.45) is 0 Å². The highest BCUT2D eigenvalue weighted by Crippen LogP contribution is 2.19. The van der Waals surface area contributed by atoms with Crippen molar-refractivity contribution in [2.75, 3.05) is 12.8 Å². The molecular formula is C21H20N2O2S. The Morgan fingerprint density at radius 2 is 1.81 bits per heavy atom. The number of pyridine rings is 1. The summed E-state index contributed by atoms with van der Waals surface area (Å²) in [6.07, 6.45) is 4.24. The second-order valence-corrected chi connectivity index (χ2v) is 7.90. The molecule has 3 aromatic rings. The summed E-state index contributed by atoms with van der Waals surface area (Å²) in [6, 6.07) is 18.4. The predicted molar refractivity (Wildman–Crippen MR) is 105 cm³/mol. The van der Waals surface area contributed by atoms with Crippen molar-refractivity contribution in [2.45, 2.75) is 12.8 Å². The average Bonchev–Trinajstić information content (AvgIpc) is 2.62. The highest BCUT2D eigenvalue weighted by atomic mass is 32.2. The second kappa shape index (κ2) is 8.13. The van der Waals surface area contributed by atoms with Gasteiger partial charge in [0.1, 0.15) is 0 Å². The van der Waals surface area contributed by atoms with Crippen LogP contribution in [-0.2, 0) is 16.4 Å². The van der Waals surface area contributed by atoms with Gasteiger partial charge in [-0.05, 0) is 29.1 Å². The van der Waals surface area contributed by atoms with Crippen LogP contribution in [-0.4, -0.2) is 26.2 Å². The summed E-state index contributed by atoms with van der Waals surface area (Å²) in [7, 11) is -3.14. The molecule has 0 saturated heterocycles. The van der Waals surface area contributed by atoms with Gasteiger partial charge in [-0.2, -0.15) is 0 Å². The molecule has 3 rings (SSSR count). The Morgan fingerprint density at radius 3 is 2.58 bits per heavy atom. The van der Waals surface area contributed by atoms with E-state index in [1.165, 1.54) is 16.3 Å². The molecule has 0 spiro atoms. The Hall–Kier alpha value is -2.68. The molecule has 5 heteroatoms. The van der Waals surface area contributed by atoms with Crippen LogP contribution in [0.2, 0.25) is 0 Å². The van der Waals surface area contributed by atoms with Crippen LogP contribution in [0.5, 0.6) is 0 Å². The quantitative estimate of drug-likeness (QED) is 0.559. The number of sulfonamides is 1. The zero-order chi connectivity index (χ0) is 18.4. The SMILES string of the molecule is CS(=O)(=O)NCCC#Cc1ccc(Cc2nccc3ccccc23)cc1. The molecule has 0 aliphatic heterocycles. The van der Waals surface area contributed by atoms with Crippen LogP contribution in [0, 0.1) is 11.8 Å². The molecule has 1 heterocycles. The standard InChI is InChI=1S/C21H20N2O2S/c1-26(24,25)23-14-5-4-6-17-9-11-18(12-10-17)16-21-20-8-3-2-7-19(20)13-15-22-21/h2-3,7-13,15,23H,5,14,16H2,1H3. The summed E-state index contributed by atoms with van der Waals surface area (Å²) in [5, 5.41) is 2.37. The van der Waals surface area contributed by atoms with E-state index < -0.39 is 10.0 Å². The van der Waals surface area contributed by atoms with Crippen LogP contribution in [0.3, 0.4) is 0 Å². The second-order valence-electron chi connectivity index (χ2n) is 6.07. The van der Waals surface area contributed by atoms with E-state index in [4.69, 9.17) is 0 Å². The van der Waals surface area contributed by atoms with Gasteiger partial charge in [-0.15, -0.1) is 0 Å². The number of nitrogens with zero attached hydrogens (tertiary/aromatic N) is 1. The van der Waals surface area contributed by atoms with Crippen molar-refractivity contribution in [1.82, 2.24) is 9.71 Å². The van der Waals surface area contributed by atoms with Gasteiger partial charge < -0.3 is 0 Å². The third-order valence-corrected chi connectivity index (χ3v) is 4.66. The molecule has 0 aliphatic carbocycles. The minimum absolute atomic E-state index is 0.330. The molecule has 1 aromatic heterocycles. The first-order valence-electron chi connectivity index (χ1n) is 8.36. The van der Waals surface area contributed by atoms with Gasteiger partial charge >= 0.3 is 0 Å². The lowest BCUT2D eigenvalue weighted by Crippen LogP contribution is -2.22. The fourth-order valence-corrected chi connectivity index (χ4v) is 3.16. The maximum absolute atomic E-state index is 11.0. The first-order chi connectivity index (χ1) is 12.5. The Balaban J connectivity index is 1.65. The summed E-state index contributed by atoms with van der Waals surface area (Å²) in [5.41, 5.74) is 3.16. The van der Waals surface area contributed by atoms with Gasteiger partial charge in [-0.3, -0.25) is 4.98 Å². The molecule has 132 valence electrons. The van der Waals surface area contributed by atoms with E-state index in [0.29, 0.717) is 13.0 Å². The van der Waals surface area contributed by atoms with Gasteiger partial charge in [-0.1, -0.05) is 48.2 Å². The Bertz CT molecular complexity index is 1060. The fourth-order valence-electron chi connectivity index (χ4n) is 2.69. The van der Waals surface area contributed by atoms with Crippen LogP contribution in [0.1, 0.15) is 23.2 Å². The molecule has 26 heavy (non-hydrogen) atoms. The highest BCUT2D eigenvalue weighted by Gasteiger charge is 2.03. The van der Waals surface area contributed by atoms with Crippen LogP contribution in [0.25, 0.3) is 10.8 Å². The molecule has 0 amide bonds. The van der Waals surface area contributed by atoms with Crippen molar-refractivity contribution >= 4 is 20.8 Å². The number of rotatable bonds is 5. The summed E-state index contributed by atoms with van der Waals surface area (Å²) in [4.78, 5) is 4.53. The zero-order valence-corrected chi connectivity index (χ0v) is 15.4. The van der Waals surface area contributed by atoms with Crippen molar-refractivity contribution in [3.05, 3.63) is 77.6 Å².